The third kappa shape index (κ3) is 2.96. The molecule has 2 N–H and O–H groups in total. The first-order valence-electron chi connectivity index (χ1n) is 6.77. The Morgan fingerprint density at radius 1 is 1.48 bits per heavy atom. The Labute approximate surface area is 125 Å². The number of amides is 1. The number of halogens is 1. The van der Waals surface area contributed by atoms with Crippen LogP contribution in [-0.2, 0) is 0 Å². The summed E-state index contributed by atoms with van der Waals surface area (Å²) in [7, 11) is 0. The predicted molar refractivity (Wildman–Crippen MR) is 77.5 cm³/mol. The van der Waals surface area contributed by atoms with Gasteiger partial charge in [-0.15, -0.1) is 11.3 Å². The summed E-state index contributed by atoms with van der Waals surface area (Å²) in [4.78, 5) is 16.9. The Kier molecular flexibility index (Phi) is 3.98. The number of carbonyl (C=O) groups excluding carboxylic acids is 1. The van der Waals surface area contributed by atoms with E-state index in [4.69, 9.17) is 0 Å². The lowest BCUT2D eigenvalue weighted by molar-refractivity contribution is 0.0240. The highest BCUT2D eigenvalue weighted by atomic mass is 32.1. The van der Waals surface area contributed by atoms with Gasteiger partial charge >= 0.3 is 0 Å². The molecule has 0 unspecified atom stereocenters. The van der Waals surface area contributed by atoms with Crippen LogP contribution in [0.5, 0.6) is 0 Å². The van der Waals surface area contributed by atoms with Gasteiger partial charge in [-0.3, -0.25) is 9.78 Å². The van der Waals surface area contributed by atoms with E-state index in [0.717, 1.165) is 11.1 Å². The molecule has 0 saturated heterocycles. The van der Waals surface area contributed by atoms with E-state index in [2.05, 4.69) is 10.3 Å². The highest BCUT2D eigenvalue weighted by molar-refractivity contribution is 7.10. The van der Waals surface area contributed by atoms with Crippen molar-refractivity contribution in [2.24, 2.45) is 5.92 Å². The molecule has 2 aromatic heterocycles. The van der Waals surface area contributed by atoms with E-state index < -0.39 is 11.7 Å². The number of aliphatic hydroxyl groups is 1. The standard InChI is InChI=1S/C15H15FN2O2S/c16-12-8-17-4-3-11(12)15(20)18-14(9-6-10(19)7-9)13-2-1-5-21-13/h1-5,8-10,14,19H,6-7H2,(H,18,20)/t9?,10?,14-/m1/s1. The third-order valence-corrected chi connectivity index (χ3v) is 4.73. The number of aliphatic hydroxyl groups excluding tert-OH is 1. The number of nitrogens with one attached hydrogen (secondary N) is 1. The number of carbonyl (C=O) groups is 1. The maximum absolute atomic E-state index is 13.6. The molecular weight excluding hydrogens is 291 g/mol. The van der Waals surface area contributed by atoms with E-state index in [-0.39, 0.29) is 23.6 Å². The second-order valence-corrected chi connectivity index (χ2v) is 6.19. The summed E-state index contributed by atoms with van der Waals surface area (Å²) in [5, 5.41) is 14.3. The van der Waals surface area contributed by atoms with Crippen LogP contribution in [0.3, 0.4) is 0 Å². The Morgan fingerprint density at radius 3 is 2.90 bits per heavy atom. The summed E-state index contributed by atoms with van der Waals surface area (Å²) >= 11 is 1.55. The quantitative estimate of drug-likeness (QED) is 0.912. The highest BCUT2D eigenvalue weighted by Gasteiger charge is 2.36. The minimum atomic E-state index is -0.631. The van der Waals surface area contributed by atoms with Crippen molar-refractivity contribution in [2.75, 3.05) is 0 Å². The normalized spacial score (nSPS) is 22.4. The maximum Gasteiger partial charge on any atom is 0.254 e. The molecule has 3 rings (SSSR count). The molecule has 21 heavy (non-hydrogen) atoms. The van der Waals surface area contributed by atoms with Crippen molar-refractivity contribution in [3.05, 3.63) is 52.2 Å². The maximum atomic E-state index is 13.6. The first-order chi connectivity index (χ1) is 10.1. The van der Waals surface area contributed by atoms with Crippen molar-refractivity contribution in [1.82, 2.24) is 10.3 Å². The van der Waals surface area contributed by atoms with Gasteiger partial charge in [0.05, 0.1) is 23.9 Å². The lowest BCUT2D eigenvalue weighted by atomic mass is 9.76. The van der Waals surface area contributed by atoms with E-state index in [9.17, 15) is 14.3 Å². The fourth-order valence-electron chi connectivity index (χ4n) is 2.57. The number of rotatable bonds is 4. The van der Waals surface area contributed by atoms with Crippen LogP contribution in [-0.4, -0.2) is 22.1 Å². The Hall–Kier alpha value is -1.79. The zero-order chi connectivity index (χ0) is 14.8. The van der Waals surface area contributed by atoms with E-state index in [1.807, 2.05) is 17.5 Å². The Balaban J connectivity index is 1.79. The topological polar surface area (TPSA) is 62.2 Å². The van der Waals surface area contributed by atoms with Crippen molar-refractivity contribution in [2.45, 2.75) is 25.0 Å². The predicted octanol–water partition coefficient (Wildman–Crippen LogP) is 2.52. The zero-order valence-electron chi connectivity index (χ0n) is 11.2. The van der Waals surface area contributed by atoms with Gasteiger partial charge in [0.2, 0.25) is 0 Å². The molecule has 2 aromatic rings. The average molecular weight is 306 g/mol. The van der Waals surface area contributed by atoms with Crippen LogP contribution in [0.25, 0.3) is 0 Å². The second-order valence-electron chi connectivity index (χ2n) is 5.21. The highest BCUT2D eigenvalue weighted by Crippen LogP contribution is 2.39. The van der Waals surface area contributed by atoms with E-state index in [0.29, 0.717) is 12.8 Å². The lowest BCUT2D eigenvalue weighted by Crippen LogP contribution is -2.41. The van der Waals surface area contributed by atoms with Gasteiger partial charge in [-0.25, -0.2) is 4.39 Å². The monoisotopic (exact) mass is 306 g/mol. The van der Waals surface area contributed by atoms with E-state index in [1.54, 1.807) is 11.3 Å². The fraction of sp³-hybridized carbons (Fsp3) is 0.333. The Morgan fingerprint density at radius 2 is 2.29 bits per heavy atom. The van der Waals surface area contributed by atoms with Crippen LogP contribution in [0.4, 0.5) is 4.39 Å². The molecule has 1 atom stereocenters. The van der Waals surface area contributed by atoms with Gasteiger partial charge in [0.25, 0.3) is 5.91 Å². The average Bonchev–Trinajstić information content (AvgIpc) is 2.96. The van der Waals surface area contributed by atoms with Crippen molar-refractivity contribution < 1.29 is 14.3 Å². The summed E-state index contributed by atoms with van der Waals surface area (Å²) in [6, 6.07) is 5.05. The Bertz CT molecular complexity index is 626. The molecule has 1 fully saturated rings. The lowest BCUT2D eigenvalue weighted by Gasteiger charge is -2.37. The molecule has 110 valence electrons. The van der Waals surface area contributed by atoms with Crippen LogP contribution in [0.2, 0.25) is 0 Å². The van der Waals surface area contributed by atoms with Crippen LogP contribution >= 0.6 is 11.3 Å². The number of nitrogens with zero attached hydrogens (tertiary/aromatic N) is 1. The molecule has 0 bridgehead atoms. The van der Waals surface area contributed by atoms with Gasteiger partial charge in [-0.1, -0.05) is 6.07 Å². The van der Waals surface area contributed by atoms with E-state index >= 15 is 0 Å². The number of thiophene rings is 1. The van der Waals surface area contributed by atoms with Crippen LogP contribution in [0, 0.1) is 11.7 Å². The first kappa shape index (κ1) is 14.2. The molecule has 0 aromatic carbocycles. The van der Waals surface area contributed by atoms with Crippen LogP contribution in [0.15, 0.2) is 36.0 Å². The summed E-state index contributed by atoms with van der Waals surface area (Å²) in [5.41, 5.74) is -0.00794. The van der Waals surface area contributed by atoms with Gasteiger partial charge in [0, 0.05) is 11.1 Å². The second kappa shape index (κ2) is 5.91. The van der Waals surface area contributed by atoms with E-state index in [1.165, 1.54) is 12.3 Å². The SMILES string of the molecule is O=C(N[C@@H](c1cccs1)C1CC(O)C1)c1ccncc1F. The van der Waals surface area contributed by atoms with Crippen LogP contribution < -0.4 is 5.32 Å². The van der Waals surface area contributed by atoms with Crippen molar-refractivity contribution in [1.29, 1.82) is 0 Å². The van der Waals surface area contributed by atoms with Crippen molar-refractivity contribution in [3.63, 3.8) is 0 Å². The van der Waals surface area contributed by atoms with Gasteiger partial charge in [-0.05, 0) is 36.3 Å². The molecule has 2 heterocycles. The van der Waals surface area contributed by atoms with Crippen LogP contribution in [0.1, 0.15) is 34.1 Å². The fourth-order valence-corrected chi connectivity index (χ4v) is 3.44. The van der Waals surface area contributed by atoms with Gasteiger partial charge in [-0.2, -0.15) is 0 Å². The van der Waals surface area contributed by atoms with Gasteiger partial charge < -0.3 is 10.4 Å². The molecule has 0 radical (unpaired) electrons. The van der Waals surface area contributed by atoms with Crippen molar-refractivity contribution in [3.8, 4) is 0 Å². The van der Waals surface area contributed by atoms with Gasteiger partial charge in [0.15, 0.2) is 5.82 Å². The number of hydrogen-bond acceptors (Lipinski definition) is 4. The summed E-state index contributed by atoms with van der Waals surface area (Å²) in [6.45, 7) is 0. The third-order valence-electron chi connectivity index (χ3n) is 3.77. The molecule has 1 aliphatic rings. The largest absolute Gasteiger partial charge is 0.393 e. The molecular formula is C15H15FN2O2S. The van der Waals surface area contributed by atoms with Crippen molar-refractivity contribution >= 4 is 17.2 Å². The smallest absolute Gasteiger partial charge is 0.254 e. The molecule has 0 aliphatic heterocycles. The zero-order valence-corrected chi connectivity index (χ0v) is 12.0. The molecule has 6 heteroatoms. The first-order valence-corrected chi connectivity index (χ1v) is 7.65. The number of hydrogen-bond donors (Lipinski definition) is 2. The summed E-state index contributed by atoms with van der Waals surface area (Å²) < 4.78 is 13.6. The molecule has 0 spiro atoms. The minimum absolute atomic E-state index is 0.00794. The molecule has 1 amide bonds. The minimum Gasteiger partial charge on any atom is -0.393 e. The van der Waals surface area contributed by atoms with Gasteiger partial charge in [0.1, 0.15) is 0 Å². The summed E-state index contributed by atoms with van der Waals surface area (Å²) in [6.07, 6.45) is 3.43. The molecule has 1 saturated carbocycles. The number of pyridine rings is 1. The number of aromatic nitrogens is 1. The molecule has 1 aliphatic carbocycles. The summed E-state index contributed by atoms with van der Waals surface area (Å²) in [5.74, 6) is -0.893. The molecule has 4 nitrogen and oxygen atoms in total.